The van der Waals surface area contributed by atoms with Crippen LogP contribution in [0.4, 0.5) is 0 Å². The summed E-state index contributed by atoms with van der Waals surface area (Å²) in [6, 6.07) is 12.6. The Labute approximate surface area is 276 Å². The molecule has 5 amide bonds. The van der Waals surface area contributed by atoms with E-state index in [1.165, 1.54) is 0 Å². The predicted octanol–water partition coefficient (Wildman–Crippen LogP) is 0.419. The molecule has 250 valence electrons. The molecule has 0 saturated heterocycles. The van der Waals surface area contributed by atoms with E-state index in [2.05, 4.69) is 21.3 Å². The first-order valence-corrected chi connectivity index (χ1v) is 18.1. The number of amides is 5. The molecule has 2 rings (SSSR count). The minimum atomic E-state index is -1.46. The molecule has 0 aromatic heterocycles. The first kappa shape index (κ1) is 38.1. The number of nitrogens with one attached hydrogen (secondary N) is 4. The molecular formula is C33H46N6O6Se. The summed E-state index contributed by atoms with van der Waals surface area (Å²) in [6.07, 6.45) is 1.11. The van der Waals surface area contributed by atoms with E-state index in [0.29, 0.717) is 34.1 Å². The third-order valence-corrected chi connectivity index (χ3v) is 8.41. The van der Waals surface area contributed by atoms with Gasteiger partial charge in [0.05, 0.1) is 6.04 Å². The van der Waals surface area contributed by atoms with Crippen LogP contribution in [-0.4, -0.2) is 81.0 Å². The van der Waals surface area contributed by atoms with E-state index in [4.69, 9.17) is 11.5 Å². The van der Waals surface area contributed by atoms with Crippen LogP contribution in [0.2, 0.25) is 11.1 Å². The number of nitrogens with two attached hydrogens (primary N) is 2. The molecule has 2 aromatic rings. The molecule has 0 heterocycles. The number of aldehydes is 1. The zero-order valence-corrected chi connectivity index (χ0v) is 28.3. The van der Waals surface area contributed by atoms with Crippen LogP contribution in [0.25, 0.3) is 0 Å². The fraction of sp³-hybridized carbons (Fsp3) is 0.455. The SMILES string of the molecule is C[Se]CC[C@H](N)C(=O)N[C@@H](Cc1ccccc1)C(=O)N[C@@H](CC(N)=O)C(=O)N[C@@H](Cc1ccccc1)C(=O)N[C@H](C=O)CC(C)C. The summed E-state index contributed by atoms with van der Waals surface area (Å²) in [5.41, 5.74) is 13.0. The molecule has 5 atom stereocenters. The van der Waals surface area contributed by atoms with Gasteiger partial charge < -0.3 is 10.1 Å². The Kier molecular flexibility index (Phi) is 16.7. The third-order valence-electron chi connectivity index (χ3n) is 7.06. The summed E-state index contributed by atoms with van der Waals surface area (Å²) in [4.78, 5) is 77.1. The predicted molar refractivity (Wildman–Crippen MR) is 176 cm³/mol. The van der Waals surface area contributed by atoms with Crippen molar-refractivity contribution in [2.75, 3.05) is 0 Å². The topological polar surface area (TPSA) is 203 Å². The van der Waals surface area contributed by atoms with Crippen LogP contribution in [0, 0.1) is 5.92 Å². The molecule has 0 aliphatic heterocycles. The maximum atomic E-state index is 13.6. The van der Waals surface area contributed by atoms with Gasteiger partial charge in [-0.25, -0.2) is 0 Å². The van der Waals surface area contributed by atoms with Crippen molar-refractivity contribution in [3.63, 3.8) is 0 Å². The van der Waals surface area contributed by atoms with Gasteiger partial charge in [-0.05, 0) is 17.9 Å². The Morgan fingerprint density at radius 1 is 0.739 bits per heavy atom. The number of rotatable bonds is 20. The van der Waals surface area contributed by atoms with Crippen LogP contribution < -0.4 is 32.7 Å². The van der Waals surface area contributed by atoms with Crippen molar-refractivity contribution in [3.8, 4) is 0 Å². The number of benzene rings is 2. The fourth-order valence-electron chi connectivity index (χ4n) is 4.67. The van der Waals surface area contributed by atoms with Crippen LogP contribution in [0.1, 0.15) is 44.2 Å². The summed E-state index contributed by atoms with van der Waals surface area (Å²) in [6.45, 7) is 3.83. The quantitative estimate of drug-likeness (QED) is 0.0848. The van der Waals surface area contributed by atoms with Crippen molar-refractivity contribution >= 4 is 50.8 Å². The Morgan fingerprint density at radius 2 is 1.20 bits per heavy atom. The molecule has 0 aliphatic carbocycles. The molecule has 0 bridgehead atoms. The average Bonchev–Trinajstić information content (AvgIpc) is 3.02. The van der Waals surface area contributed by atoms with Crippen LogP contribution in [0.15, 0.2) is 60.7 Å². The second-order valence-electron chi connectivity index (χ2n) is 11.5. The molecule has 0 aliphatic rings. The zero-order chi connectivity index (χ0) is 34.1. The van der Waals surface area contributed by atoms with Gasteiger partial charge in [0.25, 0.3) is 0 Å². The summed E-state index contributed by atoms with van der Waals surface area (Å²) < 4.78 is 0. The molecule has 0 fully saturated rings. The summed E-state index contributed by atoms with van der Waals surface area (Å²) in [5.74, 6) is -1.38. The Balaban J connectivity index is 2.30. The Morgan fingerprint density at radius 3 is 1.65 bits per heavy atom. The Hall–Kier alpha value is -4.06. The van der Waals surface area contributed by atoms with Crippen molar-refractivity contribution in [1.82, 2.24) is 21.3 Å². The van der Waals surface area contributed by atoms with Crippen molar-refractivity contribution < 1.29 is 28.8 Å². The number of carbonyl (C=O) groups excluding carboxylic acids is 6. The first-order chi connectivity index (χ1) is 21.9. The van der Waals surface area contributed by atoms with E-state index in [0.717, 1.165) is 16.4 Å². The van der Waals surface area contributed by atoms with Gasteiger partial charge in [0.2, 0.25) is 5.91 Å². The molecule has 0 unspecified atom stereocenters. The third kappa shape index (κ3) is 13.9. The maximum absolute atomic E-state index is 13.6. The molecule has 8 N–H and O–H groups in total. The molecule has 2 aromatic carbocycles. The van der Waals surface area contributed by atoms with Gasteiger partial charge in [0, 0.05) is 6.42 Å². The minimum absolute atomic E-state index is 0.0759. The molecule has 0 spiro atoms. The zero-order valence-electron chi connectivity index (χ0n) is 26.6. The van der Waals surface area contributed by atoms with Crippen LogP contribution in [0.5, 0.6) is 0 Å². The van der Waals surface area contributed by atoms with Gasteiger partial charge in [0.1, 0.15) is 6.29 Å². The monoisotopic (exact) mass is 702 g/mol. The Bertz CT molecular complexity index is 1300. The van der Waals surface area contributed by atoms with Crippen molar-refractivity contribution in [2.24, 2.45) is 17.4 Å². The van der Waals surface area contributed by atoms with E-state index >= 15 is 0 Å². The number of carbonyl (C=O) groups is 6. The van der Waals surface area contributed by atoms with Crippen molar-refractivity contribution in [1.29, 1.82) is 0 Å². The summed E-state index contributed by atoms with van der Waals surface area (Å²) >= 11 is 0.325. The smallest absolute Gasteiger partial charge is 0.345 e. The molecule has 13 heteroatoms. The van der Waals surface area contributed by atoms with E-state index in [1.807, 2.05) is 31.8 Å². The minimum Gasteiger partial charge on any atom is -0.345 e. The molecular weight excluding hydrogens is 655 g/mol. The second kappa shape index (κ2) is 20.1. The van der Waals surface area contributed by atoms with E-state index < -0.39 is 66.2 Å². The first-order valence-electron chi connectivity index (χ1n) is 15.2. The molecule has 12 nitrogen and oxygen atoms in total. The summed E-state index contributed by atoms with van der Waals surface area (Å²) in [7, 11) is 0. The van der Waals surface area contributed by atoms with Gasteiger partial charge in [-0.2, -0.15) is 0 Å². The van der Waals surface area contributed by atoms with Crippen LogP contribution in [0.3, 0.4) is 0 Å². The summed E-state index contributed by atoms with van der Waals surface area (Å²) in [5, 5.41) is 11.3. The van der Waals surface area contributed by atoms with E-state index in [-0.39, 0.29) is 18.8 Å². The normalized spacial score (nSPS) is 14.2. The number of primary amides is 1. The van der Waals surface area contributed by atoms with E-state index in [1.54, 1.807) is 48.5 Å². The van der Waals surface area contributed by atoms with Crippen LogP contribution in [-0.2, 0) is 41.6 Å². The van der Waals surface area contributed by atoms with Gasteiger partial charge in [-0.1, -0.05) is 44.2 Å². The van der Waals surface area contributed by atoms with Crippen molar-refractivity contribution in [2.45, 2.75) is 87.3 Å². The van der Waals surface area contributed by atoms with Gasteiger partial charge >= 0.3 is 176 Å². The molecule has 0 radical (unpaired) electrons. The van der Waals surface area contributed by atoms with Gasteiger partial charge in [-0.15, -0.1) is 0 Å². The van der Waals surface area contributed by atoms with Gasteiger partial charge in [0.15, 0.2) is 0 Å². The average molecular weight is 702 g/mol. The number of hydrogen-bond donors (Lipinski definition) is 6. The molecule has 46 heavy (non-hydrogen) atoms. The van der Waals surface area contributed by atoms with Crippen LogP contribution >= 0.6 is 0 Å². The number of hydrogen-bond acceptors (Lipinski definition) is 7. The van der Waals surface area contributed by atoms with Crippen molar-refractivity contribution in [3.05, 3.63) is 71.8 Å². The van der Waals surface area contributed by atoms with Gasteiger partial charge in [-0.3, -0.25) is 4.79 Å². The van der Waals surface area contributed by atoms with E-state index in [9.17, 15) is 28.8 Å². The second-order valence-corrected chi connectivity index (χ2v) is 13.6. The fourth-order valence-corrected chi connectivity index (χ4v) is 5.69. The standard InChI is InChI=1S/C33H46N6O6Se/c1-21(2)16-24(20-40)36-31(43)26(17-22-10-6-4-7-11-22)38-33(45)28(19-29(35)41)39-32(44)27(18-23-12-8-5-9-13-23)37-30(42)25(34)14-15-46-3/h4-13,20-21,24-28H,14-19,34H2,1-3H3,(H2,35,41)(H,36,43)(H,37,42)(H,38,45)(H,39,44)/t24-,25-,26-,27-,28-/m0/s1. The molecule has 0 saturated carbocycles.